The van der Waals surface area contributed by atoms with Gasteiger partial charge in [-0.05, 0) is 78.7 Å². The summed E-state index contributed by atoms with van der Waals surface area (Å²) in [6, 6.07) is 17.7. The standard InChI is InChI=1S/C30H32N6O2S/c1-5-26(37)33-23-12-10-22(11-13-23)32-21-8-6-20(7-9-21)19(4)31-30-34-24-16-17-39-28(24)29(35-30)36-25(18(2)3)14-15-27(36)38/h5-13,16-19,25,32H,1,14-15H2,2-4H3,(H,33,37)(H,31,34,35)/t19-,25+/m0/s1. The maximum Gasteiger partial charge on any atom is 0.247 e. The third kappa shape index (κ3) is 5.78. The molecule has 2 atom stereocenters. The lowest BCUT2D eigenvalue weighted by molar-refractivity contribution is -0.117. The molecule has 39 heavy (non-hydrogen) atoms. The van der Waals surface area contributed by atoms with Crippen LogP contribution in [0.1, 0.15) is 45.2 Å². The van der Waals surface area contributed by atoms with E-state index in [0.29, 0.717) is 29.8 Å². The second-order valence-corrected chi connectivity index (χ2v) is 10.9. The van der Waals surface area contributed by atoms with Crippen LogP contribution in [0.4, 0.5) is 28.8 Å². The van der Waals surface area contributed by atoms with Crippen LogP contribution in [0.15, 0.2) is 72.6 Å². The van der Waals surface area contributed by atoms with E-state index in [4.69, 9.17) is 9.97 Å². The van der Waals surface area contributed by atoms with Gasteiger partial charge in [0.05, 0.1) is 16.3 Å². The molecule has 3 N–H and O–H groups in total. The second kappa shape index (κ2) is 11.2. The number of rotatable bonds is 9. The Labute approximate surface area is 232 Å². The van der Waals surface area contributed by atoms with Gasteiger partial charge in [0.15, 0.2) is 5.82 Å². The summed E-state index contributed by atoms with van der Waals surface area (Å²) >= 11 is 1.57. The van der Waals surface area contributed by atoms with Crippen LogP contribution in [0.3, 0.4) is 0 Å². The number of hydrogen-bond donors (Lipinski definition) is 3. The summed E-state index contributed by atoms with van der Waals surface area (Å²) in [7, 11) is 0. The minimum absolute atomic E-state index is 0.0501. The average molecular weight is 541 g/mol. The Morgan fingerprint density at radius 3 is 2.36 bits per heavy atom. The molecule has 0 radical (unpaired) electrons. The van der Waals surface area contributed by atoms with Crippen LogP contribution in [0, 0.1) is 5.92 Å². The molecule has 0 spiro atoms. The summed E-state index contributed by atoms with van der Waals surface area (Å²) < 4.78 is 0.945. The summed E-state index contributed by atoms with van der Waals surface area (Å²) in [5.41, 5.74) is 4.49. The van der Waals surface area contributed by atoms with Gasteiger partial charge in [-0.15, -0.1) is 11.3 Å². The molecule has 1 fully saturated rings. The Kier molecular flexibility index (Phi) is 7.60. The zero-order valence-corrected chi connectivity index (χ0v) is 23.1. The molecular formula is C30H32N6O2S. The van der Waals surface area contributed by atoms with E-state index in [2.05, 4.69) is 55.4 Å². The number of fused-ring (bicyclic) bond motifs is 1. The maximum atomic E-state index is 12.9. The van der Waals surface area contributed by atoms with Crippen molar-refractivity contribution in [1.29, 1.82) is 0 Å². The van der Waals surface area contributed by atoms with Crippen molar-refractivity contribution in [2.24, 2.45) is 5.92 Å². The number of benzene rings is 2. The van der Waals surface area contributed by atoms with Crippen LogP contribution >= 0.6 is 11.3 Å². The molecule has 1 aliphatic heterocycles. The zero-order valence-electron chi connectivity index (χ0n) is 22.3. The van der Waals surface area contributed by atoms with E-state index in [0.717, 1.165) is 33.6 Å². The largest absolute Gasteiger partial charge is 0.356 e. The van der Waals surface area contributed by atoms with Crippen LogP contribution in [0.2, 0.25) is 0 Å². The summed E-state index contributed by atoms with van der Waals surface area (Å²) in [6.45, 7) is 9.84. The first kappa shape index (κ1) is 26.4. The van der Waals surface area contributed by atoms with Crippen LogP contribution in [-0.4, -0.2) is 27.8 Å². The molecule has 0 unspecified atom stereocenters. The molecule has 2 aromatic heterocycles. The Hall–Kier alpha value is -4.24. The van der Waals surface area contributed by atoms with Gasteiger partial charge in [-0.3, -0.25) is 14.5 Å². The quantitative estimate of drug-likeness (QED) is 0.200. The minimum atomic E-state index is -0.241. The second-order valence-electron chi connectivity index (χ2n) is 10.0. The monoisotopic (exact) mass is 540 g/mol. The first-order chi connectivity index (χ1) is 18.8. The minimum Gasteiger partial charge on any atom is -0.356 e. The number of nitrogens with zero attached hydrogens (tertiary/aromatic N) is 3. The van der Waals surface area contributed by atoms with Crippen molar-refractivity contribution in [2.75, 3.05) is 20.9 Å². The molecule has 9 heteroatoms. The van der Waals surface area contributed by atoms with Crippen molar-refractivity contribution >= 4 is 62.2 Å². The molecule has 1 aliphatic rings. The fraction of sp³-hybridized carbons (Fsp3) is 0.267. The number of nitrogens with one attached hydrogen (secondary N) is 3. The Morgan fingerprint density at radius 1 is 1.03 bits per heavy atom. The molecule has 1 saturated heterocycles. The normalized spacial score (nSPS) is 15.9. The lowest BCUT2D eigenvalue weighted by atomic mass is 10.0. The molecular weight excluding hydrogens is 508 g/mol. The van der Waals surface area contributed by atoms with E-state index >= 15 is 0 Å². The van der Waals surface area contributed by atoms with E-state index in [1.165, 1.54) is 6.08 Å². The van der Waals surface area contributed by atoms with E-state index in [-0.39, 0.29) is 23.9 Å². The highest BCUT2D eigenvalue weighted by Crippen LogP contribution is 2.37. The predicted octanol–water partition coefficient (Wildman–Crippen LogP) is 6.88. The molecule has 4 aromatic rings. The number of carbonyl (C=O) groups is 2. The smallest absolute Gasteiger partial charge is 0.247 e. The van der Waals surface area contributed by atoms with Crippen molar-refractivity contribution in [3.63, 3.8) is 0 Å². The fourth-order valence-electron chi connectivity index (χ4n) is 4.82. The summed E-state index contributed by atoms with van der Waals surface area (Å²) in [6.07, 6.45) is 2.64. The Balaban J connectivity index is 1.30. The van der Waals surface area contributed by atoms with E-state index < -0.39 is 0 Å². The van der Waals surface area contributed by atoms with Gasteiger partial charge in [-0.2, -0.15) is 4.98 Å². The van der Waals surface area contributed by atoms with E-state index in [1.54, 1.807) is 11.3 Å². The van der Waals surface area contributed by atoms with Gasteiger partial charge in [0.1, 0.15) is 0 Å². The molecule has 0 bridgehead atoms. The third-order valence-electron chi connectivity index (χ3n) is 6.92. The molecule has 0 saturated carbocycles. The zero-order chi connectivity index (χ0) is 27.5. The van der Waals surface area contributed by atoms with Crippen LogP contribution in [0.25, 0.3) is 10.2 Å². The van der Waals surface area contributed by atoms with Crippen LogP contribution < -0.4 is 20.9 Å². The van der Waals surface area contributed by atoms with Gasteiger partial charge < -0.3 is 16.0 Å². The number of thiophene rings is 1. The topological polar surface area (TPSA) is 99.3 Å². The first-order valence-electron chi connectivity index (χ1n) is 13.1. The molecule has 2 amide bonds. The van der Waals surface area contributed by atoms with Crippen molar-refractivity contribution < 1.29 is 9.59 Å². The van der Waals surface area contributed by atoms with Gasteiger partial charge in [-0.1, -0.05) is 32.6 Å². The van der Waals surface area contributed by atoms with Gasteiger partial charge >= 0.3 is 0 Å². The highest BCUT2D eigenvalue weighted by Gasteiger charge is 2.36. The number of amides is 2. The van der Waals surface area contributed by atoms with E-state index in [9.17, 15) is 9.59 Å². The highest BCUT2D eigenvalue weighted by molar-refractivity contribution is 7.17. The molecule has 2 aromatic carbocycles. The first-order valence-corrected chi connectivity index (χ1v) is 13.9. The third-order valence-corrected chi connectivity index (χ3v) is 7.82. The molecule has 5 rings (SSSR count). The maximum absolute atomic E-state index is 12.9. The van der Waals surface area contributed by atoms with Gasteiger partial charge in [0, 0.05) is 29.5 Å². The van der Waals surface area contributed by atoms with Crippen molar-refractivity contribution in [3.8, 4) is 0 Å². The fourth-order valence-corrected chi connectivity index (χ4v) is 5.63. The summed E-state index contributed by atoms with van der Waals surface area (Å²) in [5.74, 6) is 1.45. The molecule has 8 nitrogen and oxygen atoms in total. The van der Waals surface area contributed by atoms with Crippen molar-refractivity contribution in [3.05, 3.63) is 78.2 Å². The van der Waals surface area contributed by atoms with Crippen molar-refractivity contribution in [2.45, 2.75) is 45.7 Å². The molecule has 200 valence electrons. The lowest BCUT2D eigenvalue weighted by Gasteiger charge is -2.27. The van der Waals surface area contributed by atoms with Crippen molar-refractivity contribution in [1.82, 2.24) is 9.97 Å². The molecule has 3 heterocycles. The lowest BCUT2D eigenvalue weighted by Crippen LogP contribution is -2.37. The van der Waals surface area contributed by atoms with Crippen LogP contribution in [-0.2, 0) is 9.59 Å². The Bertz CT molecular complexity index is 1500. The number of aromatic nitrogens is 2. The predicted molar refractivity (Wildman–Crippen MR) is 160 cm³/mol. The summed E-state index contributed by atoms with van der Waals surface area (Å²) in [5, 5.41) is 11.6. The van der Waals surface area contributed by atoms with Crippen LogP contribution in [0.5, 0.6) is 0 Å². The number of hydrogen-bond acceptors (Lipinski definition) is 7. The SMILES string of the molecule is C=CC(=O)Nc1ccc(Nc2ccc([C@H](C)Nc3nc(N4C(=O)CC[C@@H]4C(C)C)c4sccc4n3)cc2)cc1. The number of carbonyl (C=O) groups excluding carboxylic acids is 2. The Morgan fingerprint density at radius 2 is 1.69 bits per heavy atom. The molecule has 0 aliphatic carbocycles. The van der Waals surface area contributed by atoms with Gasteiger partial charge in [-0.25, -0.2) is 4.98 Å². The number of anilines is 5. The van der Waals surface area contributed by atoms with E-state index in [1.807, 2.05) is 52.7 Å². The highest BCUT2D eigenvalue weighted by atomic mass is 32.1. The average Bonchev–Trinajstić information content (AvgIpc) is 3.56. The van der Waals surface area contributed by atoms with Gasteiger partial charge in [0.25, 0.3) is 0 Å². The summed E-state index contributed by atoms with van der Waals surface area (Å²) in [4.78, 5) is 35.8. The van der Waals surface area contributed by atoms with Gasteiger partial charge in [0.2, 0.25) is 17.8 Å².